The summed E-state index contributed by atoms with van der Waals surface area (Å²) in [4.78, 5) is 27.2. The smallest absolute Gasteiger partial charge is 0.342 e. The lowest BCUT2D eigenvalue weighted by atomic mass is 10.1. The van der Waals surface area contributed by atoms with Crippen molar-refractivity contribution in [2.24, 2.45) is 0 Å². The molecule has 252 valence electrons. The number of benzene rings is 1. The highest BCUT2D eigenvalue weighted by Gasteiger charge is 2.69. The Morgan fingerprint density at radius 3 is 2.26 bits per heavy atom. The lowest BCUT2D eigenvalue weighted by Crippen LogP contribution is -2.73. The highest BCUT2D eigenvalue weighted by molar-refractivity contribution is 8.00. The Hall–Kier alpha value is -2.37. The summed E-state index contributed by atoms with van der Waals surface area (Å²) in [5.41, 5.74) is 8.41. The van der Waals surface area contributed by atoms with Crippen molar-refractivity contribution in [3.8, 4) is 11.5 Å². The third kappa shape index (κ3) is 5.52. The van der Waals surface area contributed by atoms with Gasteiger partial charge in [-0.1, -0.05) is 67.0 Å². The number of rotatable bonds is 9. The highest BCUT2D eigenvalue weighted by Crippen LogP contribution is 2.57. The van der Waals surface area contributed by atoms with E-state index < -0.39 is 39.2 Å². The van der Waals surface area contributed by atoms with Crippen molar-refractivity contribution in [3.05, 3.63) is 35.2 Å². The number of nitrogens with zero attached hydrogens (tertiary/aromatic N) is 4. The number of carbonyl (C=O) groups is 1. The molecule has 2 saturated heterocycles. The van der Waals surface area contributed by atoms with Crippen LogP contribution in [-0.2, 0) is 13.6 Å². The van der Waals surface area contributed by atoms with E-state index in [1.54, 1.807) is 43.4 Å². The molecule has 2 aromatic heterocycles. The molecule has 0 bridgehead atoms. The van der Waals surface area contributed by atoms with E-state index in [0.717, 1.165) is 0 Å². The van der Waals surface area contributed by atoms with E-state index in [4.69, 9.17) is 40.4 Å². The van der Waals surface area contributed by atoms with E-state index >= 15 is 0 Å². The first kappa shape index (κ1) is 35.0. The molecule has 15 heteroatoms. The van der Waals surface area contributed by atoms with Crippen LogP contribution in [0.15, 0.2) is 24.5 Å². The van der Waals surface area contributed by atoms with Crippen molar-refractivity contribution in [3.63, 3.8) is 0 Å². The molecule has 0 saturated carbocycles. The van der Waals surface area contributed by atoms with Gasteiger partial charge in [-0.05, 0) is 34.3 Å². The minimum absolute atomic E-state index is 0.0308. The van der Waals surface area contributed by atoms with Gasteiger partial charge in [0.05, 0.1) is 31.9 Å². The Kier molecular flexibility index (Phi) is 10.1. The Morgan fingerprint density at radius 2 is 1.67 bits per heavy atom. The Balaban J connectivity index is 1.67. The molecule has 4 heterocycles. The SMILES string of the molecule is COc1ccc(C(=O)O[C@@H]2[C@@H]3O[Si](C(C)C)(C(C)C)[Si](C(C)C)(C(C)C)OC[C@H]3S[C@H]2n2cnc3c(Cl)nc(N)nc32)c(OC)c1. The van der Waals surface area contributed by atoms with Crippen LogP contribution in [0.25, 0.3) is 11.2 Å². The maximum atomic E-state index is 14.1. The number of methoxy groups -OCH3 is 2. The molecule has 5 rings (SSSR count). The Bertz CT molecular complexity index is 1570. The summed E-state index contributed by atoms with van der Waals surface area (Å²) >= 11 is 8.07. The minimum Gasteiger partial charge on any atom is -0.497 e. The van der Waals surface area contributed by atoms with Crippen LogP contribution in [0.3, 0.4) is 0 Å². The number of thioether (sulfide) groups is 1. The van der Waals surface area contributed by atoms with Gasteiger partial charge in [-0.15, -0.1) is 11.8 Å². The van der Waals surface area contributed by atoms with E-state index in [0.29, 0.717) is 40.4 Å². The molecule has 0 radical (unpaired) electrons. The predicted molar refractivity (Wildman–Crippen MR) is 187 cm³/mol. The number of hydrogen-bond donors (Lipinski definition) is 1. The van der Waals surface area contributed by atoms with Crippen molar-refractivity contribution < 1.29 is 27.9 Å². The number of halogens is 1. The van der Waals surface area contributed by atoms with Crippen LogP contribution in [0, 0.1) is 0 Å². The second kappa shape index (κ2) is 13.3. The van der Waals surface area contributed by atoms with Gasteiger partial charge in [-0.3, -0.25) is 4.57 Å². The molecule has 3 aromatic rings. The maximum Gasteiger partial charge on any atom is 0.342 e. The van der Waals surface area contributed by atoms with Gasteiger partial charge in [-0.2, -0.15) is 9.97 Å². The van der Waals surface area contributed by atoms with Crippen molar-refractivity contribution >= 4 is 62.1 Å². The molecule has 11 nitrogen and oxygen atoms in total. The lowest BCUT2D eigenvalue weighted by molar-refractivity contribution is -0.0146. The van der Waals surface area contributed by atoms with Crippen molar-refractivity contribution in [2.45, 2.75) is 100 Å². The van der Waals surface area contributed by atoms with Gasteiger partial charge in [0.15, 0.2) is 16.9 Å². The molecule has 0 amide bonds. The molecule has 4 atom stereocenters. The third-order valence-electron chi connectivity index (χ3n) is 9.69. The summed E-state index contributed by atoms with van der Waals surface area (Å²) < 4.78 is 34.4. The number of hydrogen-bond acceptors (Lipinski definition) is 11. The molecule has 2 aliphatic rings. The summed E-state index contributed by atoms with van der Waals surface area (Å²) in [5.74, 6) is 0.425. The molecule has 2 N–H and O–H groups in total. The zero-order chi connectivity index (χ0) is 33.7. The van der Waals surface area contributed by atoms with Crippen LogP contribution in [-0.4, -0.2) is 79.4 Å². The standard InChI is InChI=1S/C31H46ClN5O6SSi2/c1-16(2)45(17(3)4)41-14-23-25(43-46(45,18(5)6)19(7)8)26(42-30(38)21-12-11-20(39-9)13-22(21)40-10)29(44-23)37-15-34-24-27(32)35-31(33)36-28(24)37/h11-13,15-19,23,25-26,29H,14H2,1-10H3,(H2,33,35,36)/t23-,25-,26-,29-/m1/s1. The van der Waals surface area contributed by atoms with Gasteiger partial charge >= 0.3 is 5.97 Å². The first-order valence-corrected chi connectivity index (χ1v) is 22.2. The average Bonchev–Trinajstić information content (AvgIpc) is 3.51. The summed E-state index contributed by atoms with van der Waals surface area (Å²) in [5, 5.41) is -0.422. The first-order chi connectivity index (χ1) is 21.7. The van der Waals surface area contributed by atoms with Crippen molar-refractivity contribution in [1.82, 2.24) is 19.5 Å². The van der Waals surface area contributed by atoms with Gasteiger partial charge < -0.3 is 28.8 Å². The van der Waals surface area contributed by atoms with E-state index in [2.05, 4.69) is 70.3 Å². The van der Waals surface area contributed by atoms with Gasteiger partial charge in [-0.25, -0.2) is 9.78 Å². The number of esters is 1. The van der Waals surface area contributed by atoms with Crippen molar-refractivity contribution in [1.29, 1.82) is 0 Å². The molecule has 46 heavy (non-hydrogen) atoms. The summed E-state index contributed by atoms with van der Waals surface area (Å²) in [6, 6.07) is 5.04. The Morgan fingerprint density at radius 1 is 1.02 bits per heavy atom. The third-order valence-corrected chi connectivity index (χ3v) is 32.2. The highest BCUT2D eigenvalue weighted by atomic mass is 35.5. The predicted octanol–water partition coefficient (Wildman–Crippen LogP) is 6.94. The van der Waals surface area contributed by atoms with Gasteiger partial charge in [0, 0.05) is 12.7 Å². The molecular weight excluding hydrogens is 662 g/mol. The number of carbonyl (C=O) groups excluding carboxylic acids is 1. The lowest BCUT2D eigenvalue weighted by Gasteiger charge is -2.54. The number of nitrogen functional groups attached to an aromatic ring is 1. The van der Waals surface area contributed by atoms with Crippen LogP contribution in [0.2, 0.25) is 27.3 Å². The average molecular weight is 708 g/mol. The van der Waals surface area contributed by atoms with Crippen LogP contribution >= 0.6 is 23.4 Å². The number of ether oxygens (including phenoxy) is 3. The fourth-order valence-corrected chi connectivity index (χ4v) is 31.7. The quantitative estimate of drug-likeness (QED) is 0.141. The van der Waals surface area contributed by atoms with Gasteiger partial charge in [0.2, 0.25) is 21.6 Å². The number of fused-ring (bicyclic) bond motifs is 2. The van der Waals surface area contributed by atoms with Crippen molar-refractivity contribution in [2.75, 3.05) is 26.6 Å². The van der Waals surface area contributed by atoms with Crippen LogP contribution in [0.4, 0.5) is 5.95 Å². The minimum atomic E-state index is -2.69. The molecule has 2 fully saturated rings. The maximum absolute atomic E-state index is 14.1. The Labute approximate surface area is 282 Å². The topological polar surface area (TPSA) is 133 Å². The van der Waals surface area contributed by atoms with E-state index in [9.17, 15) is 4.79 Å². The molecule has 1 aromatic carbocycles. The number of anilines is 1. The fourth-order valence-electron chi connectivity index (χ4n) is 7.97. The van der Waals surface area contributed by atoms with Gasteiger partial charge in [0.1, 0.15) is 28.0 Å². The number of nitrogens with two attached hydrogens (primary N) is 1. The molecule has 0 aliphatic carbocycles. The zero-order valence-electron chi connectivity index (χ0n) is 28.2. The van der Waals surface area contributed by atoms with Gasteiger partial charge in [0.25, 0.3) is 0 Å². The zero-order valence-corrected chi connectivity index (χ0v) is 31.8. The first-order valence-electron chi connectivity index (χ1n) is 15.8. The van der Waals surface area contributed by atoms with Crippen LogP contribution in [0.1, 0.15) is 71.1 Å². The molecule has 0 unspecified atom stereocenters. The van der Waals surface area contributed by atoms with E-state index in [1.165, 1.54) is 7.11 Å². The summed E-state index contributed by atoms with van der Waals surface area (Å²) in [7, 11) is -2.12. The summed E-state index contributed by atoms with van der Waals surface area (Å²) in [6.45, 7) is 18.9. The molecule has 0 spiro atoms. The molecule has 2 aliphatic heterocycles. The monoisotopic (exact) mass is 707 g/mol. The van der Waals surface area contributed by atoms with E-state index in [-0.39, 0.29) is 33.0 Å². The van der Waals surface area contributed by atoms with E-state index in [1.807, 2.05) is 4.57 Å². The second-order valence-corrected chi connectivity index (χ2v) is 28.0. The number of aromatic nitrogens is 4. The normalized spacial score (nSPS) is 24.1. The number of imidazole rings is 1. The van der Waals surface area contributed by atoms with Crippen LogP contribution < -0.4 is 15.2 Å². The second-order valence-electron chi connectivity index (χ2n) is 13.3. The van der Waals surface area contributed by atoms with Crippen LogP contribution in [0.5, 0.6) is 11.5 Å². The molecular formula is C31H46ClN5O6SSi2. The summed E-state index contributed by atoms with van der Waals surface area (Å²) in [6.07, 6.45) is 0.484. The fraction of sp³-hybridized carbons (Fsp3) is 0.613. The largest absolute Gasteiger partial charge is 0.497 e.